The Balaban J connectivity index is 2.01. The lowest BCUT2D eigenvalue weighted by Crippen LogP contribution is -2.43. The van der Waals surface area contributed by atoms with Crippen molar-refractivity contribution < 1.29 is 4.79 Å². The van der Waals surface area contributed by atoms with Gasteiger partial charge in [0.2, 0.25) is 5.91 Å². The van der Waals surface area contributed by atoms with Gasteiger partial charge in [-0.05, 0) is 60.7 Å². The molecule has 0 bridgehead atoms. The first-order valence-electron chi connectivity index (χ1n) is 6.90. The van der Waals surface area contributed by atoms with Gasteiger partial charge >= 0.3 is 0 Å². The molecule has 0 spiro atoms. The molecule has 0 saturated carbocycles. The molecule has 1 heterocycles. The van der Waals surface area contributed by atoms with Crippen molar-refractivity contribution in [3.8, 4) is 0 Å². The average Bonchev–Trinajstić information content (AvgIpc) is 2.44. The topological polar surface area (TPSA) is 32.3 Å². The summed E-state index contributed by atoms with van der Waals surface area (Å²) in [6, 6.07) is 5.86. The quantitative estimate of drug-likeness (QED) is 0.921. The second-order valence-electron chi connectivity index (χ2n) is 5.19. The van der Waals surface area contributed by atoms with Gasteiger partial charge in [-0.25, -0.2) is 0 Å². The molecule has 104 valence electrons. The molecule has 0 aromatic heterocycles. The molecular formula is C15H21BrN2O. The molecule has 1 aliphatic rings. The van der Waals surface area contributed by atoms with Crippen molar-refractivity contribution in [2.24, 2.45) is 0 Å². The molecule has 0 aliphatic carbocycles. The molecule has 0 radical (unpaired) electrons. The van der Waals surface area contributed by atoms with E-state index in [9.17, 15) is 4.79 Å². The third-order valence-corrected chi connectivity index (χ3v) is 4.65. The monoisotopic (exact) mass is 324 g/mol. The van der Waals surface area contributed by atoms with Gasteiger partial charge in [-0.3, -0.25) is 4.79 Å². The van der Waals surface area contributed by atoms with E-state index < -0.39 is 0 Å². The third-order valence-electron chi connectivity index (χ3n) is 3.60. The van der Waals surface area contributed by atoms with Gasteiger partial charge in [0.15, 0.2) is 0 Å². The van der Waals surface area contributed by atoms with Gasteiger partial charge in [0.1, 0.15) is 6.04 Å². The zero-order valence-corrected chi connectivity index (χ0v) is 13.2. The van der Waals surface area contributed by atoms with Gasteiger partial charge in [0.05, 0.1) is 0 Å². The maximum atomic E-state index is 12.3. The maximum Gasteiger partial charge on any atom is 0.244 e. The molecule has 1 aromatic carbocycles. The number of halogens is 1. The van der Waals surface area contributed by atoms with E-state index in [1.165, 1.54) is 12.0 Å². The van der Waals surface area contributed by atoms with E-state index in [4.69, 9.17) is 0 Å². The number of rotatable bonds is 3. The Labute approximate surface area is 123 Å². The van der Waals surface area contributed by atoms with Crippen molar-refractivity contribution in [3.05, 3.63) is 28.2 Å². The first-order valence-corrected chi connectivity index (χ1v) is 7.69. The van der Waals surface area contributed by atoms with Gasteiger partial charge in [-0.15, -0.1) is 0 Å². The summed E-state index contributed by atoms with van der Waals surface area (Å²) in [5, 5.41) is 3.31. The van der Waals surface area contributed by atoms with E-state index in [2.05, 4.69) is 21.2 Å². The van der Waals surface area contributed by atoms with Crippen LogP contribution in [0.5, 0.6) is 0 Å². The number of piperidine rings is 1. The Kier molecular flexibility index (Phi) is 4.86. The average molecular weight is 325 g/mol. The number of hydrogen-bond donors (Lipinski definition) is 1. The van der Waals surface area contributed by atoms with Gasteiger partial charge in [-0.1, -0.05) is 12.1 Å². The third kappa shape index (κ3) is 3.50. The van der Waals surface area contributed by atoms with Crippen LogP contribution in [0.1, 0.15) is 31.7 Å². The SMILES string of the molecule is Cc1cccc(NC(C)C(=O)N2CCCCC2)c1Br. The summed E-state index contributed by atoms with van der Waals surface area (Å²) in [4.78, 5) is 14.3. The van der Waals surface area contributed by atoms with Crippen molar-refractivity contribution in [3.63, 3.8) is 0 Å². The molecule has 1 atom stereocenters. The number of nitrogens with one attached hydrogen (secondary N) is 1. The molecule has 1 aromatic rings. The molecule has 3 nitrogen and oxygen atoms in total. The van der Waals surface area contributed by atoms with Crippen LogP contribution in [-0.2, 0) is 4.79 Å². The van der Waals surface area contributed by atoms with Crippen molar-refractivity contribution in [2.45, 2.75) is 39.2 Å². The highest BCUT2D eigenvalue weighted by molar-refractivity contribution is 9.10. The Morgan fingerprint density at radius 3 is 2.68 bits per heavy atom. The number of aryl methyl sites for hydroxylation is 1. The summed E-state index contributed by atoms with van der Waals surface area (Å²) in [7, 11) is 0. The fourth-order valence-electron chi connectivity index (χ4n) is 2.44. The van der Waals surface area contributed by atoms with E-state index in [-0.39, 0.29) is 11.9 Å². The van der Waals surface area contributed by atoms with Crippen LogP contribution in [0, 0.1) is 6.92 Å². The molecule has 1 aliphatic heterocycles. The van der Waals surface area contributed by atoms with Gasteiger partial charge < -0.3 is 10.2 Å². The fraction of sp³-hybridized carbons (Fsp3) is 0.533. The van der Waals surface area contributed by atoms with Crippen LogP contribution < -0.4 is 5.32 Å². The van der Waals surface area contributed by atoms with Crippen molar-refractivity contribution in [2.75, 3.05) is 18.4 Å². The van der Waals surface area contributed by atoms with E-state index in [0.717, 1.165) is 36.1 Å². The summed E-state index contributed by atoms with van der Waals surface area (Å²) in [5.41, 5.74) is 2.15. The first kappa shape index (κ1) is 14.4. The highest BCUT2D eigenvalue weighted by Crippen LogP contribution is 2.26. The van der Waals surface area contributed by atoms with E-state index in [1.807, 2.05) is 36.9 Å². The van der Waals surface area contributed by atoms with E-state index >= 15 is 0 Å². The number of carbonyl (C=O) groups is 1. The van der Waals surface area contributed by atoms with Crippen molar-refractivity contribution in [1.82, 2.24) is 4.90 Å². The Bertz CT molecular complexity index is 455. The van der Waals surface area contributed by atoms with E-state index in [1.54, 1.807) is 0 Å². The molecule has 1 fully saturated rings. The summed E-state index contributed by atoms with van der Waals surface area (Å²) < 4.78 is 1.04. The lowest BCUT2D eigenvalue weighted by molar-refractivity contribution is -0.132. The zero-order valence-electron chi connectivity index (χ0n) is 11.6. The van der Waals surface area contributed by atoms with E-state index in [0.29, 0.717) is 0 Å². The number of anilines is 1. The minimum absolute atomic E-state index is 0.184. The second kappa shape index (κ2) is 6.42. The van der Waals surface area contributed by atoms with Crippen LogP contribution in [0.2, 0.25) is 0 Å². The molecular weight excluding hydrogens is 304 g/mol. The minimum atomic E-state index is -0.184. The summed E-state index contributed by atoms with van der Waals surface area (Å²) in [6.07, 6.45) is 3.51. The minimum Gasteiger partial charge on any atom is -0.373 e. The zero-order chi connectivity index (χ0) is 13.8. The first-order chi connectivity index (χ1) is 9.09. The molecule has 1 N–H and O–H groups in total. The molecule has 1 amide bonds. The van der Waals surface area contributed by atoms with Crippen LogP contribution in [0.15, 0.2) is 22.7 Å². The van der Waals surface area contributed by atoms with Gasteiger partial charge in [-0.2, -0.15) is 0 Å². The van der Waals surface area contributed by atoms with Crippen LogP contribution in [0.3, 0.4) is 0 Å². The summed E-state index contributed by atoms with van der Waals surface area (Å²) >= 11 is 3.57. The highest BCUT2D eigenvalue weighted by Gasteiger charge is 2.22. The Hall–Kier alpha value is -1.03. The lowest BCUT2D eigenvalue weighted by atomic mass is 10.1. The molecule has 19 heavy (non-hydrogen) atoms. The molecule has 2 rings (SSSR count). The highest BCUT2D eigenvalue weighted by atomic mass is 79.9. The van der Waals surface area contributed by atoms with Crippen molar-refractivity contribution in [1.29, 1.82) is 0 Å². The number of carbonyl (C=O) groups excluding carboxylic acids is 1. The molecule has 1 saturated heterocycles. The molecule has 1 unspecified atom stereocenters. The number of benzene rings is 1. The normalized spacial score (nSPS) is 17.1. The predicted octanol–water partition coefficient (Wildman–Crippen LogP) is 3.57. The standard InChI is InChI=1S/C15H21BrN2O/c1-11-7-6-8-13(14(11)16)17-12(2)15(19)18-9-4-3-5-10-18/h6-8,12,17H,3-5,9-10H2,1-2H3. The maximum absolute atomic E-state index is 12.3. The Morgan fingerprint density at radius 1 is 1.32 bits per heavy atom. The van der Waals surface area contributed by atoms with Gasteiger partial charge in [0, 0.05) is 23.2 Å². The number of amides is 1. The van der Waals surface area contributed by atoms with Gasteiger partial charge in [0.25, 0.3) is 0 Å². The number of likely N-dealkylation sites (tertiary alicyclic amines) is 1. The second-order valence-corrected chi connectivity index (χ2v) is 5.98. The number of nitrogens with zero attached hydrogens (tertiary/aromatic N) is 1. The molecule has 4 heteroatoms. The fourth-order valence-corrected chi connectivity index (χ4v) is 2.82. The van der Waals surface area contributed by atoms with Crippen molar-refractivity contribution >= 4 is 27.5 Å². The smallest absolute Gasteiger partial charge is 0.244 e. The summed E-state index contributed by atoms with van der Waals surface area (Å²) in [6.45, 7) is 5.79. The van der Waals surface area contributed by atoms with Crippen LogP contribution in [0.25, 0.3) is 0 Å². The largest absolute Gasteiger partial charge is 0.373 e. The lowest BCUT2D eigenvalue weighted by Gasteiger charge is -2.30. The number of hydrogen-bond acceptors (Lipinski definition) is 2. The van der Waals surface area contributed by atoms with Crippen LogP contribution >= 0.6 is 15.9 Å². The van der Waals surface area contributed by atoms with Crippen LogP contribution in [-0.4, -0.2) is 29.9 Å². The Morgan fingerprint density at radius 2 is 2.00 bits per heavy atom. The van der Waals surface area contributed by atoms with Crippen LogP contribution in [0.4, 0.5) is 5.69 Å². The predicted molar refractivity (Wildman–Crippen MR) is 82.4 cm³/mol. The summed E-state index contributed by atoms with van der Waals surface area (Å²) in [5.74, 6) is 0.202.